The lowest BCUT2D eigenvalue weighted by Gasteiger charge is -1.91. The standard InChI is InChI=1S/C6H4INO2/c7-5-1-4(6(9)10)2-8-3-5/h1-3H,(H,9,10). The first-order valence-electron chi connectivity index (χ1n) is 2.54. The molecule has 0 saturated carbocycles. The molecule has 0 radical (unpaired) electrons. The van der Waals surface area contributed by atoms with Crippen molar-refractivity contribution in [3.05, 3.63) is 27.6 Å². The van der Waals surface area contributed by atoms with Crippen LogP contribution in [0.5, 0.6) is 0 Å². The van der Waals surface area contributed by atoms with Crippen molar-refractivity contribution in [2.45, 2.75) is 0 Å². The molecule has 10 heavy (non-hydrogen) atoms. The number of hydrogen-bond donors (Lipinski definition) is 1. The summed E-state index contributed by atoms with van der Waals surface area (Å²) < 4.78 is 0.831. The van der Waals surface area contributed by atoms with Crippen LogP contribution in [0, 0.1) is 3.57 Å². The Morgan fingerprint density at radius 3 is 2.70 bits per heavy atom. The minimum atomic E-state index is -0.939. The van der Waals surface area contributed by atoms with Gasteiger partial charge in [-0.05, 0) is 28.7 Å². The highest BCUT2D eigenvalue weighted by molar-refractivity contribution is 14.1. The van der Waals surface area contributed by atoms with Crippen LogP contribution in [-0.4, -0.2) is 16.1 Å². The number of rotatable bonds is 1. The van der Waals surface area contributed by atoms with Crippen LogP contribution in [0.25, 0.3) is 0 Å². The van der Waals surface area contributed by atoms with E-state index in [0.717, 1.165) is 3.57 Å². The molecule has 1 heterocycles. The van der Waals surface area contributed by atoms with Crippen LogP contribution in [0.1, 0.15) is 10.4 Å². The molecule has 0 fully saturated rings. The van der Waals surface area contributed by atoms with Gasteiger partial charge in [-0.3, -0.25) is 4.98 Å². The predicted molar refractivity (Wildman–Crippen MR) is 43.9 cm³/mol. The van der Waals surface area contributed by atoms with Gasteiger partial charge in [0.1, 0.15) is 0 Å². The van der Waals surface area contributed by atoms with Gasteiger partial charge in [-0.2, -0.15) is 0 Å². The molecule has 1 aromatic heterocycles. The van der Waals surface area contributed by atoms with E-state index < -0.39 is 5.97 Å². The fraction of sp³-hybridized carbons (Fsp3) is 0. The largest absolute Gasteiger partial charge is 0.478 e. The summed E-state index contributed by atoms with van der Waals surface area (Å²) in [4.78, 5) is 14.0. The quantitative estimate of drug-likeness (QED) is 0.765. The normalized spacial score (nSPS) is 9.30. The third kappa shape index (κ3) is 1.66. The molecule has 0 aliphatic carbocycles. The Kier molecular flexibility index (Phi) is 2.21. The zero-order valence-corrected chi connectivity index (χ0v) is 7.07. The maximum absolute atomic E-state index is 10.3. The van der Waals surface area contributed by atoms with E-state index in [-0.39, 0.29) is 5.56 Å². The first kappa shape index (κ1) is 7.46. The van der Waals surface area contributed by atoms with Crippen molar-refractivity contribution >= 4 is 28.6 Å². The highest BCUT2D eigenvalue weighted by Gasteiger charge is 2.01. The summed E-state index contributed by atoms with van der Waals surface area (Å²) in [6.45, 7) is 0. The molecule has 1 N–H and O–H groups in total. The van der Waals surface area contributed by atoms with Crippen LogP contribution in [0.2, 0.25) is 0 Å². The lowest BCUT2D eigenvalue weighted by molar-refractivity contribution is 0.0696. The van der Waals surface area contributed by atoms with E-state index in [0.29, 0.717) is 0 Å². The van der Waals surface area contributed by atoms with Crippen molar-refractivity contribution in [2.24, 2.45) is 0 Å². The molecule has 1 aromatic rings. The van der Waals surface area contributed by atoms with Crippen molar-refractivity contribution in [1.29, 1.82) is 0 Å². The molecule has 0 aliphatic rings. The summed E-state index contributed by atoms with van der Waals surface area (Å²) in [5, 5.41) is 8.47. The van der Waals surface area contributed by atoms with Gasteiger partial charge >= 0.3 is 5.97 Å². The number of carbonyl (C=O) groups is 1. The molecule has 3 nitrogen and oxygen atoms in total. The number of halogens is 1. The van der Waals surface area contributed by atoms with Gasteiger partial charge < -0.3 is 5.11 Å². The number of pyridine rings is 1. The smallest absolute Gasteiger partial charge is 0.337 e. The Balaban J connectivity index is 3.07. The SMILES string of the molecule is O=C(O)c1cncc(I)c1. The Hall–Kier alpha value is -0.650. The van der Waals surface area contributed by atoms with Gasteiger partial charge in [0.2, 0.25) is 0 Å². The molecule has 0 aromatic carbocycles. The van der Waals surface area contributed by atoms with Crippen LogP contribution in [-0.2, 0) is 0 Å². The molecule has 0 saturated heterocycles. The monoisotopic (exact) mass is 249 g/mol. The van der Waals surface area contributed by atoms with Crippen molar-refractivity contribution < 1.29 is 9.90 Å². The van der Waals surface area contributed by atoms with Crippen molar-refractivity contribution in [3.8, 4) is 0 Å². The average molecular weight is 249 g/mol. The number of carboxylic acid groups (broad SMARTS) is 1. The minimum absolute atomic E-state index is 0.229. The number of nitrogens with zero attached hydrogens (tertiary/aromatic N) is 1. The third-order valence-electron chi connectivity index (χ3n) is 0.952. The molecule has 0 aliphatic heterocycles. The highest BCUT2D eigenvalue weighted by atomic mass is 127. The summed E-state index contributed by atoms with van der Waals surface area (Å²) in [6.07, 6.45) is 2.93. The van der Waals surface area contributed by atoms with E-state index in [1.54, 1.807) is 12.3 Å². The second-order valence-corrected chi connectivity index (χ2v) is 2.94. The van der Waals surface area contributed by atoms with E-state index in [2.05, 4.69) is 4.98 Å². The van der Waals surface area contributed by atoms with Gasteiger partial charge in [0.25, 0.3) is 0 Å². The molecular weight excluding hydrogens is 245 g/mol. The van der Waals surface area contributed by atoms with Gasteiger partial charge in [0, 0.05) is 16.0 Å². The molecule has 0 spiro atoms. The fourth-order valence-electron chi connectivity index (χ4n) is 0.529. The Morgan fingerprint density at radius 1 is 1.60 bits per heavy atom. The lowest BCUT2D eigenvalue weighted by Crippen LogP contribution is -1.96. The Morgan fingerprint density at radius 2 is 2.30 bits per heavy atom. The zero-order chi connectivity index (χ0) is 7.56. The van der Waals surface area contributed by atoms with Crippen LogP contribution in [0.4, 0.5) is 0 Å². The predicted octanol–water partition coefficient (Wildman–Crippen LogP) is 1.38. The maximum atomic E-state index is 10.3. The van der Waals surface area contributed by atoms with Crippen LogP contribution >= 0.6 is 22.6 Å². The second kappa shape index (κ2) is 2.96. The molecule has 1 rings (SSSR count). The summed E-state index contributed by atoms with van der Waals surface area (Å²) in [6, 6.07) is 1.57. The van der Waals surface area contributed by atoms with E-state index in [1.165, 1.54) is 6.20 Å². The molecule has 0 bridgehead atoms. The lowest BCUT2D eigenvalue weighted by atomic mass is 10.3. The van der Waals surface area contributed by atoms with Gasteiger partial charge in [-0.25, -0.2) is 4.79 Å². The maximum Gasteiger partial charge on any atom is 0.337 e. The first-order valence-corrected chi connectivity index (χ1v) is 3.62. The summed E-state index contributed by atoms with van der Waals surface area (Å²) in [5.41, 5.74) is 0.229. The number of aromatic carboxylic acids is 1. The van der Waals surface area contributed by atoms with Gasteiger partial charge in [-0.15, -0.1) is 0 Å². The number of hydrogen-bond acceptors (Lipinski definition) is 2. The number of aromatic nitrogens is 1. The van der Waals surface area contributed by atoms with Crippen molar-refractivity contribution in [3.63, 3.8) is 0 Å². The van der Waals surface area contributed by atoms with Crippen molar-refractivity contribution in [1.82, 2.24) is 4.98 Å². The molecule has 0 atom stereocenters. The van der Waals surface area contributed by atoms with E-state index >= 15 is 0 Å². The van der Waals surface area contributed by atoms with Crippen LogP contribution in [0.3, 0.4) is 0 Å². The highest BCUT2D eigenvalue weighted by Crippen LogP contribution is 2.04. The molecule has 0 unspecified atom stereocenters. The van der Waals surface area contributed by atoms with Gasteiger partial charge in [0.05, 0.1) is 5.56 Å². The van der Waals surface area contributed by atoms with E-state index in [1.807, 2.05) is 22.6 Å². The van der Waals surface area contributed by atoms with Crippen molar-refractivity contribution in [2.75, 3.05) is 0 Å². The topological polar surface area (TPSA) is 50.2 Å². The minimum Gasteiger partial charge on any atom is -0.478 e. The molecule has 52 valence electrons. The summed E-state index contributed by atoms with van der Waals surface area (Å²) in [7, 11) is 0. The molecular formula is C6H4INO2. The van der Waals surface area contributed by atoms with E-state index in [9.17, 15) is 4.79 Å². The third-order valence-corrected chi connectivity index (χ3v) is 1.54. The van der Waals surface area contributed by atoms with Gasteiger partial charge in [0.15, 0.2) is 0 Å². The fourth-order valence-corrected chi connectivity index (χ4v) is 1.03. The Labute approximate surface area is 71.2 Å². The summed E-state index contributed by atoms with van der Waals surface area (Å²) in [5.74, 6) is -0.939. The van der Waals surface area contributed by atoms with Crippen LogP contribution < -0.4 is 0 Å². The summed E-state index contributed by atoms with van der Waals surface area (Å²) >= 11 is 2.01. The Bertz CT molecular complexity index is 262. The molecule has 0 amide bonds. The number of carboxylic acids is 1. The first-order chi connectivity index (χ1) is 4.70. The average Bonchev–Trinajstić information content (AvgIpc) is 1.88. The molecule has 4 heteroatoms. The van der Waals surface area contributed by atoms with Crippen LogP contribution in [0.15, 0.2) is 18.5 Å². The van der Waals surface area contributed by atoms with Gasteiger partial charge in [-0.1, -0.05) is 0 Å². The van der Waals surface area contributed by atoms with E-state index in [4.69, 9.17) is 5.11 Å². The zero-order valence-electron chi connectivity index (χ0n) is 4.91. The second-order valence-electron chi connectivity index (χ2n) is 1.70.